The number of aromatic nitrogens is 1. The Labute approximate surface area is 136 Å². The Morgan fingerprint density at radius 3 is 2.43 bits per heavy atom. The molecule has 0 aliphatic heterocycles. The highest BCUT2D eigenvalue weighted by Gasteiger charge is 2.13. The lowest BCUT2D eigenvalue weighted by Gasteiger charge is -2.19. The number of carbonyl (C=O) groups is 1. The first-order valence-corrected chi connectivity index (χ1v) is 7.70. The van der Waals surface area contributed by atoms with E-state index in [1.165, 1.54) is 5.56 Å². The third-order valence-electron chi connectivity index (χ3n) is 3.88. The van der Waals surface area contributed by atoms with Crippen molar-refractivity contribution in [1.82, 2.24) is 4.98 Å². The fraction of sp³-hybridized carbons (Fsp3) is 0.200. The molecule has 1 amide bonds. The van der Waals surface area contributed by atoms with Gasteiger partial charge in [-0.15, -0.1) is 0 Å². The van der Waals surface area contributed by atoms with Crippen LogP contribution in [0.15, 0.2) is 60.8 Å². The van der Waals surface area contributed by atoms with E-state index in [1.54, 1.807) is 6.20 Å². The van der Waals surface area contributed by atoms with Crippen molar-refractivity contribution in [3.8, 4) is 0 Å². The Hall–Kier alpha value is -2.68. The summed E-state index contributed by atoms with van der Waals surface area (Å²) < 4.78 is 0. The van der Waals surface area contributed by atoms with Crippen molar-refractivity contribution >= 4 is 22.5 Å². The van der Waals surface area contributed by atoms with E-state index in [1.807, 2.05) is 42.5 Å². The molecule has 116 valence electrons. The number of benzene rings is 2. The zero-order valence-corrected chi connectivity index (χ0v) is 13.6. The highest BCUT2D eigenvalue weighted by atomic mass is 16.1. The van der Waals surface area contributed by atoms with Crippen LogP contribution >= 0.6 is 0 Å². The molecule has 3 aromatic rings. The molecule has 0 unspecified atom stereocenters. The fourth-order valence-corrected chi connectivity index (χ4v) is 2.46. The van der Waals surface area contributed by atoms with Crippen LogP contribution in [0.5, 0.6) is 0 Å². The van der Waals surface area contributed by atoms with E-state index in [0.717, 1.165) is 16.6 Å². The molecule has 0 aliphatic rings. The maximum Gasteiger partial charge on any atom is 0.255 e. The van der Waals surface area contributed by atoms with Crippen LogP contribution < -0.4 is 5.32 Å². The van der Waals surface area contributed by atoms with Crippen molar-refractivity contribution in [2.75, 3.05) is 5.32 Å². The Morgan fingerprint density at radius 2 is 1.74 bits per heavy atom. The van der Waals surface area contributed by atoms with Gasteiger partial charge in [-0.3, -0.25) is 9.78 Å². The van der Waals surface area contributed by atoms with Crippen LogP contribution in [0.4, 0.5) is 5.69 Å². The van der Waals surface area contributed by atoms with Crippen LogP contribution in [0.1, 0.15) is 36.7 Å². The molecule has 0 fully saturated rings. The molecule has 1 aromatic heterocycles. The average Bonchev–Trinajstić information content (AvgIpc) is 2.54. The third-order valence-corrected chi connectivity index (χ3v) is 3.88. The number of hydrogen-bond acceptors (Lipinski definition) is 2. The lowest BCUT2D eigenvalue weighted by Crippen LogP contribution is -2.13. The molecule has 23 heavy (non-hydrogen) atoms. The molecule has 0 spiro atoms. The van der Waals surface area contributed by atoms with E-state index in [2.05, 4.69) is 43.2 Å². The smallest absolute Gasteiger partial charge is 0.255 e. The minimum absolute atomic E-state index is 0.104. The largest absolute Gasteiger partial charge is 0.322 e. The Kier molecular flexibility index (Phi) is 3.87. The molecule has 0 saturated carbocycles. The summed E-state index contributed by atoms with van der Waals surface area (Å²) in [5.74, 6) is -0.124. The van der Waals surface area contributed by atoms with Crippen LogP contribution in [0.25, 0.3) is 10.9 Å². The number of carbonyl (C=O) groups excluding carboxylic acids is 1. The lowest BCUT2D eigenvalue weighted by atomic mass is 9.87. The van der Waals surface area contributed by atoms with Gasteiger partial charge in [-0.2, -0.15) is 0 Å². The highest BCUT2D eigenvalue weighted by molar-refractivity contribution is 6.06. The number of pyridine rings is 1. The Bertz CT molecular complexity index is 845. The second-order valence-electron chi connectivity index (χ2n) is 6.69. The predicted molar refractivity (Wildman–Crippen MR) is 94.8 cm³/mol. The first-order valence-electron chi connectivity index (χ1n) is 7.70. The minimum Gasteiger partial charge on any atom is -0.322 e. The molecule has 3 heteroatoms. The molecule has 1 N–H and O–H groups in total. The van der Waals surface area contributed by atoms with Crippen molar-refractivity contribution < 1.29 is 4.79 Å². The van der Waals surface area contributed by atoms with Crippen molar-refractivity contribution in [1.29, 1.82) is 0 Å². The predicted octanol–water partition coefficient (Wildman–Crippen LogP) is 4.78. The van der Waals surface area contributed by atoms with Gasteiger partial charge < -0.3 is 5.32 Å². The monoisotopic (exact) mass is 304 g/mol. The van der Waals surface area contributed by atoms with Gasteiger partial charge in [0.2, 0.25) is 0 Å². The fourth-order valence-electron chi connectivity index (χ4n) is 2.46. The number of hydrogen-bond donors (Lipinski definition) is 1. The first-order chi connectivity index (χ1) is 10.9. The van der Waals surface area contributed by atoms with Crippen LogP contribution in [0, 0.1) is 0 Å². The van der Waals surface area contributed by atoms with E-state index in [0.29, 0.717) is 5.56 Å². The second-order valence-corrected chi connectivity index (χ2v) is 6.69. The quantitative estimate of drug-likeness (QED) is 0.740. The van der Waals surface area contributed by atoms with E-state index < -0.39 is 0 Å². The molecular weight excluding hydrogens is 284 g/mol. The number of nitrogens with one attached hydrogen (secondary N) is 1. The van der Waals surface area contributed by atoms with Gasteiger partial charge in [0.25, 0.3) is 5.91 Å². The van der Waals surface area contributed by atoms with Gasteiger partial charge >= 0.3 is 0 Å². The van der Waals surface area contributed by atoms with Crippen molar-refractivity contribution in [3.05, 3.63) is 71.9 Å². The zero-order valence-electron chi connectivity index (χ0n) is 13.6. The SMILES string of the molecule is CC(C)(C)c1ccc(NC(=O)c2ccc3cccnc3c2)cc1. The number of amides is 1. The van der Waals surface area contributed by atoms with Crippen LogP contribution in [0.3, 0.4) is 0 Å². The highest BCUT2D eigenvalue weighted by Crippen LogP contribution is 2.23. The number of anilines is 1. The molecule has 0 atom stereocenters. The summed E-state index contributed by atoms with van der Waals surface area (Å²) in [7, 11) is 0. The summed E-state index contributed by atoms with van der Waals surface area (Å²) in [6.07, 6.45) is 1.73. The third kappa shape index (κ3) is 3.39. The van der Waals surface area contributed by atoms with Gasteiger partial charge in [0.05, 0.1) is 5.52 Å². The molecule has 0 radical (unpaired) electrons. The summed E-state index contributed by atoms with van der Waals surface area (Å²) in [6.45, 7) is 6.51. The van der Waals surface area contributed by atoms with Gasteiger partial charge in [0, 0.05) is 22.8 Å². The maximum absolute atomic E-state index is 12.4. The molecule has 0 bridgehead atoms. The molecular formula is C20H20N2O. The van der Waals surface area contributed by atoms with Crippen LogP contribution in [-0.4, -0.2) is 10.9 Å². The number of nitrogens with zero attached hydrogens (tertiary/aromatic N) is 1. The Morgan fingerprint density at radius 1 is 1.00 bits per heavy atom. The normalized spacial score (nSPS) is 11.4. The van der Waals surface area contributed by atoms with E-state index in [-0.39, 0.29) is 11.3 Å². The van der Waals surface area contributed by atoms with Gasteiger partial charge in [-0.25, -0.2) is 0 Å². The van der Waals surface area contributed by atoms with Gasteiger partial charge in [-0.1, -0.05) is 45.0 Å². The topological polar surface area (TPSA) is 42.0 Å². The number of rotatable bonds is 2. The van der Waals surface area contributed by atoms with E-state index >= 15 is 0 Å². The summed E-state index contributed by atoms with van der Waals surface area (Å²) in [5, 5.41) is 3.96. The number of fused-ring (bicyclic) bond motifs is 1. The minimum atomic E-state index is -0.124. The summed E-state index contributed by atoms with van der Waals surface area (Å²) >= 11 is 0. The van der Waals surface area contributed by atoms with Crippen molar-refractivity contribution in [2.45, 2.75) is 26.2 Å². The van der Waals surface area contributed by atoms with Gasteiger partial charge in [-0.05, 0) is 41.3 Å². The summed E-state index contributed by atoms with van der Waals surface area (Å²) in [6, 6.07) is 17.4. The van der Waals surface area contributed by atoms with Gasteiger partial charge in [0.1, 0.15) is 0 Å². The molecule has 1 heterocycles. The van der Waals surface area contributed by atoms with Crippen molar-refractivity contribution in [2.24, 2.45) is 0 Å². The summed E-state index contributed by atoms with van der Waals surface area (Å²) in [5.41, 5.74) is 3.57. The van der Waals surface area contributed by atoms with Crippen molar-refractivity contribution in [3.63, 3.8) is 0 Å². The molecule has 0 saturated heterocycles. The zero-order chi connectivity index (χ0) is 16.4. The summed E-state index contributed by atoms with van der Waals surface area (Å²) in [4.78, 5) is 16.7. The average molecular weight is 304 g/mol. The Balaban J connectivity index is 1.80. The standard InChI is InChI=1S/C20H20N2O/c1-20(2,3)16-8-10-17(11-9-16)22-19(23)15-7-6-14-5-4-12-21-18(14)13-15/h4-13H,1-3H3,(H,22,23). The van der Waals surface area contributed by atoms with Crippen LogP contribution in [0.2, 0.25) is 0 Å². The molecule has 2 aromatic carbocycles. The van der Waals surface area contributed by atoms with Crippen LogP contribution in [-0.2, 0) is 5.41 Å². The molecule has 0 aliphatic carbocycles. The maximum atomic E-state index is 12.4. The first kappa shape index (κ1) is 15.2. The molecule has 3 nitrogen and oxygen atoms in total. The van der Waals surface area contributed by atoms with Gasteiger partial charge in [0.15, 0.2) is 0 Å². The molecule has 3 rings (SSSR count). The van der Waals surface area contributed by atoms with E-state index in [4.69, 9.17) is 0 Å². The second kappa shape index (κ2) is 5.84. The lowest BCUT2D eigenvalue weighted by molar-refractivity contribution is 0.102. The van der Waals surface area contributed by atoms with E-state index in [9.17, 15) is 4.79 Å².